The summed E-state index contributed by atoms with van der Waals surface area (Å²) in [5, 5.41) is 8.70. The summed E-state index contributed by atoms with van der Waals surface area (Å²) < 4.78 is 71.6. The number of halogens is 3. The summed E-state index contributed by atoms with van der Waals surface area (Å²) in [6, 6.07) is 4.01. The molecule has 3 aromatic rings. The second kappa shape index (κ2) is 8.12. The molecule has 0 spiro atoms. The van der Waals surface area contributed by atoms with Crippen LogP contribution < -0.4 is 9.62 Å². The van der Waals surface area contributed by atoms with Gasteiger partial charge < -0.3 is 5.32 Å². The van der Waals surface area contributed by atoms with Crippen LogP contribution in [0.4, 0.5) is 18.9 Å². The number of rotatable bonds is 5. The fraction of sp³-hybridized carbons (Fsp3) is 0.333. The molecule has 2 N–H and O–H groups in total. The molecule has 0 aliphatic heterocycles. The Morgan fingerprint density at radius 3 is 2.44 bits per heavy atom. The van der Waals surface area contributed by atoms with Crippen LogP contribution in [0.25, 0.3) is 22.0 Å². The number of sulfonamides is 1. The minimum atomic E-state index is -3.87. The first kappa shape index (κ1) is 22.1. The van der Waals surface area contributed by atoms with Crippen molar-refractivity contribution >= 4 is 32.5 Å². The number of aromatic amines is 1. The average molecular weight is 466 g/mol. The van der Waals surface area contributed by atoms with Crippen LogP contribution in [0.15, 0.2) is 24.3 Å². The van der Waals surface area contributed by atoms with Gasteiger partial charge in [-0.3, -0.25) is 14.2 Å². The first-order chi connectivity index (χ1) is 15.1. The molecule has 1 fully saturated rings. The van der Waals surface area contributed by atoms with Crippen molar-refractivity contribution < 1.29 is 26.4 Å². The lowest BCUT2D eigenvalue weighted by Gasteiger charge is -2.29. The number of H-pyrrole nitrogens is 1. The number of nitrogens with one attached hydrogen (secondary N) is 2. The number of carbonyl (C=O) groups excluding carboxylic acids is 1. The molecule has 1 amide bonds. The van der Waals surface area contributed by atoms with Gasteiger partial charge in [0.05, 0.1) is 17.5 Å². The molecule has 1 aromatic heterocycles. The van der Waals surface area contributed by atoms with Gasteiger partial charge in [0.25, 0.3) is 5.91 Å². The summed E-state index contributed by atoms with van der Waals surface area (Å²) in [6.45, 7) is 0. The summed E-state index contributed by atoms with van der Waals surface area (Å²) in [6.07, 6.45) is 3.66. The van der Waals surface area contributed by atoms with Crippen molar-refractivity contribution in [2.45, 2.75) is 31.7 Å². The topological polar surface area (TPSA) is 95.2 Å². The van der Waals surface area contributed by atoms with Crippen LogP contribution in [0.3, 0.4) is 0 Å². The summed E-state index contributed by atoms with van der Waals surface area (Å²) in [4.78, 5) is 11.9. The molecule has 4 rings (SSSR count). The van der Waals surface area contributed by atoms with Crippen LogP contribution in [0.5, 0.6) is 0 Å². The largest absolute Gasteiger partial charge is 0.354 e. The molecule has 0 radical (unpaired) electrons. The molecule has 7 nitrogen and oxygen atoms in total. The van der Waals surface area contributed by atoms with E-state index in [4.69, 9.17) is 0 Å². The van der Waals surface area contributed by atoms with Gasteiger partial charge in [0.1, 0.15) is 11.3 Å². The Morgan fingerprint density at radius 1 is 1.12 bits per heavy atom. The zero-order valence-corrected chi connectivity index (χ0v) is 18.2. The van der Waals surface area contributed by atoms with Crippen LogP contribution in [0.2, 0.25) is 0 Å². The fourth-order valence-electron chi connectivity index (χ4n) is 4.28. The lowest BCUT2D eigenvalue weighted by Crippen LogP contribution is -2.38. The van der Waals surface area contributed by atoms with Gasteiger partial charge in [-0.05, 0) is 31.0 Å². The van der Waals surface area contributed by atoms with Gasteiger partial charge in [-0.25, -0.2) is 21.6 Å². The van der Waals surface area contributed by atoms with Gasteiger partial charge in [0.2, 0.25) is 10.0 Å². The number of benzene rings is 2. The van der Waals surface area contributed by atoms with Crippen LogP contribution >= 0.6 is 0 Å². The molecule has 0 atom stereocenters. The van der Waals surface area contributed by atoms with E-state index in [9.17, 15) is 17.6 Å². The van der Waals surface area contributed by atoms with E-state index in [0.717, 1.165) is 41.6 Å². The molecule has 1 heterocycles. The molecule has 1 aliphatic carbocycles. The van der Waals surface area contributed by atoms with Gasteiger partial charge >= 0.3 is 0 Å². The predicted octanol–water partition coefficient (Wildman–Crippen LogP) is 3.72. The van der Waals surface area contributed by atoms with Crippen LogP contribution in [-0.4, -0.2) is 43.9 Å². The minimum Gasteiger partial charge on any atom is -0.354 e. The Balaban J connectivity index is 1.91. The zero-order chi connectivity index (χ0) is 23.2. The fourth-order valence-corrected chi connectivity index (χ4v) is 5.53. The molecule has 170 valence electrons. The summed E-state index contributed by atoms with van der Waals surface area (Å²) in [7, 11) is -2.48. The summed E-state index contributed by atoms with van der Waals surface area (Å²) in [5.41, 5.74) is -1.69. The number of hydrogen-bond donors (Lipinski definition) is 2. The zero-order valence-electron chi connectivity index (χ0n) is 17.4. The van der Waals surface area contributed by atoms with Crippen molar-refractivity contribution in [3.8, 4) is 11.1 Å². The maximum atomic E-state index is 15.6. The lowest BCUT2D eigenvalue weighted by atomic mass is 10.00. The molecule has 32 heavy (non-hydrogen) atoms. The van der Waals surface area contributed by atoms with E-state index < -0.39 is 50.6 Å². The van der Waals surface area contributed by atoms with E-state index >= 15 is 8.78 Å². The van der Waals surface area contributed by atoms with Gasteiger partial charge in [-0.2, -0.15) is 5.10 Å². The molecule has 1 saturated carbocycles. The number of amides is 1. The van der Waals surface area contributed by atoms with Crippen molar-refractivity contribution in [1.29, 1.82) is 0 Å². The quantitative estimate of drug-likeness (QED) is 0.599. The van der Waals surface area contributed by atoms with Crippen LogP contribution in [-0.2, 0) is 10.0 Å². The monoisotopic (exact) mass is 466 g/mol. The SMILES string of the molecule is CNC(=O)c1n[nH]c2c(F)c(-c3c(F)ccc(N(C4CCCC4)S(C)(=O)=O)c3F)ccc12. The van der Waals surface area contributed by atoms with Gasteiger partial charge in [-0.15, -0.1) is 0 Å². The normalized spacial score (nSPS) is 14.8. The van der Waals surface area contributed by atoms with Crippen molar-refractivity contribution in [2.24, 2.45) is 0 Å². The minimum absolute atomic E-state index is 0.0628. The molecule has 0 unspecified atom stereocenters. The van der Waals surface area contributed by atoms with E-state index in [-0.39, 0.29) is 22.3 Å². The first-order valence-corrected chi connectivity index (χ1v) is 11.9. The Hall–Kier alpha value is -3.08. The average Bonchev–Trinajstić information content (AvgIpc) is 3.40. The smallest absolute Gasteiger partial charge is 0.272 e. The maximum absolute atomic E-state index is 15.6. The van der Waals surface area contributed by atoms with E-state index in [1.54, 1.807) is 0 Å². The van der Waals surface area contributed by atoms with Gasteiger partial charge in [-0.1, -0.05) is 18.9 Å². The van der Waals surface area contributed by atoms with Gasteiger partial charge in [0, 0.05) is 24.0 Å². The summed E-state index contributed by atoms with van der Waals surface area (Å²) >= 11 is 0. The number of aromatic nitrogens is 2. The first-order valence-electron chi connectivity index (χ1n) is 10.0. The molecule has 0 saturated heterocycles. The number of carbonyl (C=O) groups is 1. The Morgan fingerprint density at radius 2 is 1.81 bits per heavy atom. The number of hydrogen-bond acceptors (Lipinski definition) is 4. The van der Waals surface area contributed by atoms with E-state index in [2.05, 4.69) is 15.5 Å². The molecule has 11 heteroatoms. The lowest BCUT2D eigenvalue weighted by molar-refractivity contribution is 0.0959. The third-order valence-electron chi connectivity index (χ3n) is 5.71. The van der Waals surface area contributed by atoms with Crippen molar-refractivity contribution in [3.05, 3.63) is 47.4 Å². The Labute approximate surface area is 182 Å². The third kappa shape index (κ3) is 3.60. The number of anilines is 1. The third-order valence-corrected chi connectivity index (χ3v) is 6.92. The van der Waals surface area contributed by atoms with Gasteiger partial charge in [0.15, 0.2) is 17.3 Å². The molecular formula is C21H21F3N4O3S. The highest BCUT2D eigenvalue weighted by Gasteiger charge is 2.33. The highest BCUT2D eigenvalue weighted by atomic mass is 32.2. The van der Waals surface area contributed by atoms with Crippen molar-refractivity contribution in [3.63, 3.8) is 0 Å². The summed E-state index contributed by atoms with van der Waals surface area (Å²) in [5.74, 6) is -3.78. The second-order valence-corrected chi connectivity index (χ2v) is 9.61. The van der Waals surface area contributed by atoms with E-state index in [1.807, 2.05) is 0 Å². The Kier molecular flexibility index (Phi) is 5.61. The second-order valence-electron chi connectivity index (χ2n) is 7.75. The number of fused-ring (bicyclic) bond motifs is 1. The molecule has 2 aromatic carbocycles. The van der Waals surface area contributed by atoms with Crippen LogP contribution in [0.1, 0.15) is 36.2 Å². The van der Waals surface area contributed by atoms with Crippen LogP contribution in [0, 0.1) is 17.5 Å². The highest BCUT2D eigenvalue weighted by Crippen LogP contribution is 2.39. The standard InChI is InChI=1S/C21H21F3N4O3S/c1-25-21(29)20-13-8-7-12(17(23)19(13)26-27-20)16-14(22)9-10-15(18(16)24)28(32(2,30)31)11-5-3-4-6-11/h7-11H,3-6H2,1-2H3,(H,25,29)(H,26,27). The highest BCUT2D eigenvalue weighted by molar-refractivity contribution is 7.92. The molecule has 1 aliphatic rings. The predicted molar refractivity (Wildman–Crippen MR) is 114 cm³/mol. The van der Waals surface area contributed by atoms with Crippen molar-refractivity contribution in [2.75, 3.05) is 17.6 Å². The molecule has 0 bridgehead atoms. The number of nitrogens with zero attached hydrogens (tertiary/aromatic N) is 2. The maximum Gasteiger partial charge on any atom is 0.272 e. The Bertz CT molecular complexity index is 1320. The van der Waals surface area contributed by atoms with E-state index in [1.165, 1.54) is 13.1 Å². The van der Waals surface area contributed by atoms with E-state index in [0.29, 0.717) is 12.8 Å². The van der Waals surface area contributed by atoms with Crippen molar-refractivity contribution in [1.82, 2.24) is 15.5 Å². The molecular weight excluding hydrogens is 445 g/mol.